The van der Waals surface area contributed by atoms with Gasteiger partial charge < -0.3 is 11.1 Å². The number of rotatable bonds is 2. The molecule has 2 rings (SSSR count). The molecule has 0 saturated heterocycles. The third-order valence-electron chi connectivity index (χ3n) is 2.44. The number of amides is 1. The molecule has 0 saturated carbocycles. The lowest BCUT2D eigenvalue weighted by molar-refractivity contribution is 0.102. The lowest BCUT2D eigenvalue weighted by Gasteiger charge is -2.08. The van der Waals surface area contributed by atoms with Crippen LogP contribution in [0.15, 0.2) is 36.4 Å². The van der Waals surface area contributed by atoms with Gasteiger partial charge in [-0.3, -0.25) is 4.79 Å². The number of carbonyl (C=O) groups is 1. The second-order valence-electron chi connectivity index (χ2n) is 3.79. The highest BCUT2D eigenvalue weighted by atomic mass is 35.5. The highest BCUT2D eigenvalue weighted by Crippen LogP contribution is 2.23. The minimum atomic E-state index is -0.779. The van der Waals surface area contributed by atoms with E-state index < -0.39 is 17.5 Å². The molecule has 6 heteroatoms. The van der Waals surface area contributed by atoms with E-state index in [1.54, 1.807) is 0 Å². The molecule has 0 aromatic heterocycles. The summed E-state index contributed by atoms with van der Waals surface area (Å²) in [5.41, 5.74) is 5.23. The molecule has 2 aromatic carbocycles. The quantitative estimate of drug-likeness (QED) is 0.829. The normalized spacial score (nSPS) is 10.3. The Morgan fingerprint density at radius 1 is 1.21 bits per heavy atom. The van der Waals surface area contributed by atoms with Crippen molar-refractivity contribution in [3.8, 4) is 0 Å². The first-order valence-corrected chi connectivity index (χ1v) is 5.67. The van der Waals surface area contributed by atoms with Crippen molar-refractivity contribution in [3.05, 3.63) is 58.6 Å². The number of halogens is 3. The van der Waals surface area contributed by atoms with E-state index >= 15 is 0 Å². The molecule has 0 heterocycles. The molecule has 0 unspecified atom stereocenters. The maximum absolute atomic E-state index is 13.6. The Labute approximate surface area is 113 Å². The van der Waals surface area contributed by atoms with Crippen LogP contribution in [0, 0.1) is 11.6 Å². The molecular formula is C13H9ClF2N2O. The lowest BCUT2D eigenvalue weighted by Crippen LogP contribution is -2.15. The van der Waals surface area contributed by atoms with Crippen LogP contribution in [0.4, 0.5) is 20.2 Å². The zero-order valence-corrected chi connectivity index (χ0v) is 10.3. The van der Waals surface area contributed by atoms with Gasteiger partial charge in [-0.05, 0) is 30.3 Å². The van der Waals surface area contributed by atoms with Gasteiger partial charge >= 0.3 is 0 Å². The highest BCUT2D eigenvalue weighted by Gasteiger charge is 2.14. The summed E-state index contributed by atoms with van der Waals surface area (Å²) in [4.78, 5) is 11.8. The number of nitrogens with one attached hydrogen (secondary N) is 1. The molecule has 3 nitrogen and oxygen atoms in total. The zero-order chi connectivity index (χ0) is 14.0. The molecule has 0 aliphatic heterocycles. The van der Waals surface area contributed by atoms with Gasteiger partial charge in [0.15, 0.2) is 5.82 Å². The first-order valence-electron chi connectivity index (χ1n) is 5.29. The Hall–Kier alpha value is -2.14. The van der Waals surface area contributed by atoms with E-state index in [4.69, 9.17) is 17.3 Å². The molecule has 0 aliphatic rings. The van der Waals surface area contributed by atoms with Crippen LogP contribution in [0.5, 0.6) is 0 Å². The number of anilines is 2. The maximum Gasteiger partial charge on any atom is 0.258 e. The molecular weight excluding hydrogens is 274 g/mol. The molecule has 0 radical (unpaired) electrons. The third-order valence-corrected chi connectivity index (χ3v) is 2.73. The van der Waals surface area contributed by atoms with Crippen LogP contribution >= 0.6 is 11.6 Å². The number of nitrogen functional groups attached to an aromatic ring is 1. The monoisotopic (exact) mass is 282 g/mol. The van der Waals surface area contributed by atoms with Crippen LogP contribution in [-0.4, -0.2) is 5.91 Å². The molecule has 0 bridgehead atoms. The molecule has 1 amide bonds. The van der Waals surface area contributed by atoms with Gasteiger partial charge in [0.25, 0.3) is 5.91 Å². The SMILES string of the molecule is Nc1ccc(C(=O)Nc2cccc(Cl)c2F)c(F)c1. The summed E-state index contributed by atoms with van der Waals surface area (Å²) in [6, 6.07) is 7.77. The second kappa shape index (κ2) is 5.24. The smallest absolute Gasteiger partial charge is 0.258 e. The van der Waals surface area contributed by atoms with E-state index in [1.165, 1.54) is 30.3 Å². The molecule has 2 aromatic rings. The fourth-order valence-electron chi connectivity index (χ4n) is 1.51. The summed E-state index contributed by atoms with van der Waals surface area (Å²) in [5, 5.41) is 2.12. The summed E-state index contributed by atoms with van der Waals surface area (Å²) >= 11 is 5.58. The number of carbonyl (C=O) groups excluding carboxylic acids is 1. The second-order valence-corrected chi connectivity index (χ2v) is 4.20. The predicted octanol–water partition coefficient (Wildman–Crippen LogP) is 3.45. The Kier molecular flexibility index (Phi) is 3.66. The van der Waals surface area contributed by atoms with Crippen molar-refractivity contribution in [1.29, 1.82) is 0 Å². The van der Waals surface area contributed by atoms with Crippen molar-refractivity contribution in [1.82, 2.24) is 0 Å². The standard InChI is InChI=1S/C13H9ClF2N2O/c14-9-2-1-3-11(12(9)16)18-13(19)8-5-4-7(17)6-10(8)15/h1-6H,17H2,(H,18,19). The zero-order valence-electron chi connectivity index (χ0n) is 9.58. The highest BCUT2D eigenvalue weighted by molar-refractivity contribution is 6.31. The van der Waals surface area contributed by atoms with Crippen molar-refractivity contribution < 1.29 is 13.6 Å². The molecule has 0 aliphatic carbocycles. The molecule has 0 atom stereocenters. The van der Waals surface area contributed by atoms with Crippen LogP contribution in [0.1, 0.15) is 10.4 Å². The Morgan fingerprint density at radius 2 is 1.95 bits per heavy atom. The summed E-state index contributed by atoms with van der Waals surface area (Å²) in [5.74, 6) is -2.33. The van der Waals surface area contributed by atoms with Gasteiger partial charge in [0.05, 0.1) is 16.3 Å². The van der Waals surface area contributed by atoms with Crippen LogP contribution in [-0.2, 0) is 0 Å². The van der Waals surface area contributed by atoms with Crippen molar-refractivity contribution in [2.24, 2.45) is 0 Å². The van der Waals surface area contributed by atoms with Gasteiger partial charge in [-0.1, -0.05) is 17.7 Å². The fraction of sp³-hybridized carbons (Fsp3) is 0. The van der Waals surface area contributed by atoms with Crippen molar-refractivity contribution >= 4 is 28.9 Å². The number of hydrogen-bond acceptors (Lipinski definition) is 2. The van der Waals surface area contributed by atoms with Gasteiger partial charge in [0, 0.05) is 5.69 Å². The molecule has 19 heavy (non-hydrogen) atoms. The first kappa shape index (κ1) is 13.3. The topological polar surface area (TPSA) is 55.1 Å². The summed E-state index contributed by atoms with van der Waals surface area (Å²) in [7, 11) is 0. The molecule has 3 N–H and O–H groups in total. The largest absolute Gasteiger partial charge is 0.399 e. The van der Waals surface area contributed by atoms with Gasteiger partial charge in [-0.2, -0.15) is 0 Å². The van der Waals surface area contributed by atoms with E-state index in [-0.39, 0.29) is 22.0 Å². The Balaban J connectivity index is 2.28. The van der Waals surface area contributed by atoms with E-state index in [9.17, 15) is 13.6 Å². The molecule has 98 valence electrons. The Morgan fingerprint density at radius 3 is 2.63 bits per heavy atom. The maximum atomic E-state index is 13.6. The average molecular weight is 283 g/mol. The average Bonchev–Trinajstić information content (AvgIpc) is 2.34. The van der Waals surface area contributed by atoms with E-state index in [0.29, 0.717) is 0 Å². The van der Waals surface area contributed by atoms with E-state index in [2.05, 4.69) is 5.32 Å². The van der Waals surface area contributed by atoms with Crippen molar-refractivity contribution in [2.45, 2.75) is 0 Å². The van der Waals surface area contributed by atoms with Crippen molar-refractivity contribution in [2.75, 3.05) is 11.1 Å². The number of benzene rings is 2. The van der Waals surface area contributed by atoms with Crippen molar-refractivity contribution in [3.63, 3.8) is 0 Å². The molecule has 0 fully saturated rings. The number of nitrogens with two attached hydrogens (primary N) is 1. The van der Waals surface area contributed by atoms with Gasteiger partial charge in [-0.25, -0.2) is 8.78 Å². The fourth-order valence-corrected chi connectivity index (χ4v) is 1.68. The van der Waals surface area contributed by atoms with Crippen LogP contribution < -0.4 is 11.1 Å². The summed E-state index contributed by atoms with van der Waals surface area (Å²) in [6.45, 7) is 0. The Bertz CT molecular complexity index is 647. The van der Waals surface area contributed by atoms with Gasteiger partial charge in [-0.15, -0.1) is 0 Å². The van der Waals surface area contributed by atoms with Crippen LogP contribution in [0.3, 0.4) is 0 Å². The lowest BCUT2D eigenvalue weighted by atomic mass is 10.1. The molecule has 0 spiro atoms. The van der Waals surface area contributed by atoms with Gasteiger partial charge in [0.1, 0.15) is 5.82 Å². The van der Waals surface area contributed by atoms with E-state index in [0.717, 1.165) is 6.07 Å². The number of hydrogen-bond donors (Lipinski definition) is 2. The van der Waals surface area contributed by atoms with Crippen LogP contribution in [0.25, 0.3) is 0 Å². The first-order chi connectivity index (χ1) is 8.99. The van der Waals surface area contributed by atoms with E-state index in [1.807, 2.05) is 0 Å². The van der Waals surface area contributed by atoms with Crippen LogP contribution in [0.2, 0.25) is 5.02 Å². The summed E-state index contributed by atoms with van der Waals surface area (Å²) < 4.78 is 27.1. The minimum absolute atomic E-state index is 0.117. The third kappa shape index (κ3) is 2.82. The van der Waals surface area contributed by atoms with Gasteiger partial charge in [0.2, 0.25) is 0 Å². The predicted molar refractivity (Wildman–Crippen MR) is 70.2 cm³/mol. The summed E-state index contributed by atoms with van der Waals surface area (Å²) in [6.07, 6.45) is 0. The minimum Gasteiger partial charge on any atom is -0.399 e.